The first kappa shape index (κ1) is 15.1. The van der Waals surface area contributed by atoms with Gasteiger partial charge in [-0.1, -0.05) is 0 Å². The van der Waals surface area contributed by atoms with Crippen molar-refractivity contribution < 1.29 is 9.53 Å². The number of amidine groups is 1. The van der Waals surface area contributed by atoms with E-state index >= 15 is 0 Å². The summed E-state index contributed by atoms with van der Waals surface area (Å²) in [6.45, 7) is 3.13. The zero-order valence-corrected chi connectivity index (χ0v) is 12.8. The molecule has 0 spiro atoms. The van der Waals surface area contributed by atoms with E-state index in [2.05, 4.69) is 38.4 Å². The monoisotopic (exact) mass is 315 g/mol. The second kappa shape index (κ2) is 7.46. The predicted molar refractivity (Wildman–Crippen MR) is 82.5 cm³/mol. The lowest BCUT2D eigenvalue weighted by Gasteiger charge is -2.26. The summed E-state index contributed by atoms with van der Waals surface area (Å²) in [5, 5.41) is 9.38. The van der Waals surface area contributed by atoms with Crippen molar-refractivity contribution in [2.45, 2.75) is 6.42 Å². The highest BCUT2D eigenvalue weighted by molar-refractivity contribution is 7.96. The molecule has 2 heterocycles. The van der Waals surface area contributed by atoms with Crippen LogP contribution in [-0.2, 0) is 16.0 Å². The number of ether oxygens (including phenoxy) is 1. The summed E-state index contributed by atoms with van der Waals surface area (Å²) in [4.78, 5) is 18.4. The molecule has 2 N–H and O–H groups in total. The molecule has 20 heavy (non-hydrogen) atoms. The molecule has 0 bridgehead atoms. The minimum Gasteiger partial charge on any atom is -0.378 e. The molecule has 0 aliphatic carbocycles. The maximum Gasteiger partial charge on any atom is 0.232 e. The Morgan fingerprint density at radius 1 is 1.60 bits per heavy atom. The van der Waals surface area contributed by atoms with Crippen molar-refractivity contribution in [3.05, 3.63) is 11.1 Å². The molecule has 1 aliphatic heterocycles. The van der Waals surface area contributed by atoms with E-state index in [0.717, 1.165) is 37.1 Å². The first-order valence-corrected chi connectivity index (χ1v) is 7.52. The van der Waals surface area contributed by atoms with E-state index in [9.17, 15) is 4.79 Å². The van der Waals surface area contributed by atoms with E-state index in [0.29, 0.717) is 0 Å². The third-order valence-corrected chi connectivity index (χ3v) is 3.79. The van der Waals surface area contributed by atoms with E-state index in [4.69, 9.17) is 4.74 Å². The van der Waals surface area contributed by atoms with Gasteiger partial charge in [0.05, 0.1) is 25.3 Å². The lowest BCUT2D eigenvalue weighted by molar-refractivity contribution is -0.119. The van der Waals surface area contributed by atoms with Gasteiger partial charge in [-0.05, 0) is 0 Å². The Morgan fingerprint density at radius 2 is 2.35 bits per heavy atom. The average Bonchev–Trinajstić information content (AvgIpc) is 2.88. The van der Waals surface area contributed by atoms with Gasteiger partial charge >= 0.3 is 0 Å². The van der Waals surface area contributed by atoms with Crippen LogP contribution in [0.2, 0.25) is 0 Å². The summed E-state index contributed by atoms with van der Waals surface area (Å²) >= 11 is 5.56. The van der Waals surface area contributed by atoms with Gasteiger partial charge in [0.2, 0.25) is 5.91 Å². The smallest absolute Gasteiger partial charge is 0.232 e. The van der Waals surface area contributed by atoms with Crippen molar-refractivity contribution in [3.63, 3.8) is 0 Å². The number of rotatable bonds is 4. The van der Waals surface area contributed by atoms with Gasteiger partial charge in [-0.3, -0.25) is 4.79 Å². The summed E-state index contributed by atoms with van der Waals surface area (Å²) in [7, 11) is 1.64. The fourth-order valence-electron chi connectivity index (χ4n) is 1.74. The fourth-order valence-corrected chi connectivity index (χ4v) is 2.85. The molecule has 1 aromatic rings. The Kier molecular flexibility index (Phi) is 5.62. The Labute approximate surface area is 126 Å². The highest BCUT2D eigenvalue weighted by Crippen LogP contribution is 2.21. The third kappa shape index (κ3) is 4.36. The SMILES string of the molecule is CN/N=C(\S)NC(=O)Cc1csc(N2CCOCC2)n1. The first-order chi connectivity index (χ1) is 9.69. The third-order valence-electron chi connectivity index (χ3n) is 2.63. The molecule has 0 atom stereocenters. The van der Waals surface area contributed by atoms with Crippen LogP contribution in [0.5, 0.6) is 0 Å². The Hall–Kier alpha value is -1.32. The van der Waals surface area contributed by atoms with E-state index in [-0.39, 0.29) is 17.5 Å². The van der Waals surface area contributed by atoms with Crippen LogP contribution in [0.1, 0.15) is 5.69 Å². The second-order valence-electron chi connectivity index (χ2n) is 4.10. The number of carbonyl (C=O) groups excluding carboxylic acids is 1. The van der Waals surface area contributed by atoms with Crippen molar-refractivity contribution in [1.82, 2.24) is 15.7 Å². The van der Waals surface area contributed by atoms with Crippen molar-refractivity contribution in [2.75, 3.05) is 38.3 Å². The average molecular weight is 315 g/mol. The van der Waals surface area contributed by atoms with Crippen LogP contribution < -0.4 is 15.6 Å². The summed E-state index contributed by atoms with van der Waals surface area (Å²) in [6, 6.07) is 0. The predicted octanol–water partition coefficient (Wildman–Crippen LogP) is 0.0586. The molecule has 0 unspecified atom stereocenters. The van der Waals surface area contributed by atoms with Gasteiger partial charge in [0.15, 0.2) is 10.3 Å². The van der Waals surface area contributed by atoms with Crippen LogP contribution in [0, 0.1) is 0 Å². The molecule has 1 amide bonds. The Balaban J connectivity index is 1.89. The Bertz CT molecular complexity index is 485. The van der Waals surface area contributed by atoms with Gasteiger partial charge in [0, 0.05) is 25.5 Å². The quantitative estimate of drug-likeness (QED) is 0.317. The lowest BCUT2D eigenvalue weighted by atomic mass is 10.3. The molecular weight excluding hydrogens is 298 g/mol. The number of nitrogens with one attached hydrogen (secondary N) is 2. The molecule has 1 aromatic heterocycles. The second-order valence-corrected chi connectivity index (χ2v) is 5.36. The van der Waals surface area contributed by atoms with Crippen LogP contribution >= 0.6 is 24.0 Å². The number of morpholine rings is 1. The fraction of sp³-hybridized carbons (Fsp3) is 0.545. The van der Waals surface area contributed by atoms with Gasteiger partial charge in [-0.2, -0.15) is 5.10 Å². The Morgan fingerprint density at radius 3 is 3.05 bits per heavy atom. The number of hydrogen-bond acceptors (Lipinski definition) is 7. The molecule has 9 heteroatoms. The van der Waals surface area contributed by atoms with Crippen LogP contribution in [0.4, 0.5) is 5.13 Å². The highest BCUT2D eigenvalue weighted by atomic mass is 32.1. The van der Waals surface area contributed by atoms with Gasteiger partial charge in [0.25, 0.3) is 0 Å². The van der Waals surface area contributed by atoms with Gasteiger partial charge in [-0.15, -0.1) is 24.0 Å². The number of aromatic nitrogens is 1. The maximum atomic E-state index is 11.7. The number of hydrogen-bond donors (Lipinski definition) is 3. The molecule has 0 aromatic carbocycles. The van der Waals surface area contributed by atoms with Crippen LogP contribution in [-0.4, -0.2) is 49.4 Å². The molecule has 7 nitrogen and oxygen atoms in total. The van der Waals surface area contributed by atoms with Gasteiger partial charge < -0.3 is 20.4 Å². The number of thiazole rings is 1. The molecule has 0 radical (unpaired) electrons. The molecule has 1 aliphatic rings. The van der Waals surface area contributed by atoms with Crippen LogP contribution in [0.15, 0.2) is 10.5 Å². The molecule has 0 saturated carbocycles. The maximum absolute atomic E-state index is 11.7. The largest absolute Gasteiger partial charge is 0.378 e. The number of nitrogens with zero attached hydrogens (tertiary/aromatic N) is 3. The summed E-state index contributed by atoms with van der Waals surface area (Å²) in [5.74, 6) is -0.187. The van der Waals surface area contributed by atoms with Crippen LogP contribution in [0.25, 0.3) is 0 Å². The number of carbonyl (C=O) groups is 1. The highest BCUT2D eigenvalue weighted by Gasteiger charge is 2.15. The molecule has 2 rings (SSSR count). The van der Waals surface area contributed by atoms with Crippen molar-refractivity contribution in [1.29, 1.82) is 0 Å². The normalized spacial score (nSPS) is 16.1. The van der Waals surface area contributed by atoms with E-state index in [1.165, 1.54) is 0 Å². The molecule has 110 valence electrons. The zero-order chi connectivity index (χ0) is 14.4. The summed E-state index contributed by atoms with van der Waals surface area (Å²) in [5.41, 5.74) is 3.30. The van der Waals surface area contributed by atoms with E-state index in [1.807, 2.05) is 5.38 Å². The van der Waals surface area contributed by atoms with Crippen LogP contribution in [0.3, 0.4) is 0 Å². The minimum atomic E-state index is -0.187. The van der Waals surface area contributed by atoms with E-state index < -0.39 is 0 Å². The molecular formula is C11H17N5O2S2. The zero-order valence-electron chi connectivity index (χ0n) is 11.1. The molecule has 1 fully saturated rings. The lowest BCUT2D eigenvalue weighted by Crippen LogP contribution is -2.36. The van der Waals surface area contributed by atoms with Gasteiger partial charge in [-0.25, -0.2) is 4.98 Å². The molecule has 1 saturated heterocycles. The first-order valence-electron chi connectivity index (χ1n) is 6.19. The minimum absolute atomic E-state index is 0.187. The summed E-state index contributed by atoms with van der Waals surface area (Å²) < 4.78 is 5.30. The number of thiol groups is 1. The topological polar surface area (TPSA) is 78.9 Å². The number of hydrazone groups is 1. The van der Waals surface area contributed by atoms with E-state index in [1.54, 1.807) is 18.4 Å². The van der Waals surface area contributed by atoms with Crippen molar-refractivity contribution in [3.8, 4) is 0 Å². The number of amides is 1. The van der Waals surface area contributed by atoms with Gasteiger partial charge in [0.1, 0.15) is 0 Å². The standard InChI is InChI=1S/C11H17N5O2S2/c1-12-15-10(19)14-9(17)6-8-7-20-11(13-8)16-2-4-18-5-3-16/h7,12H,2-6H2,1H3,(H2,14,15,17,19). The summed E-state index contributed by atoms with van der Waals surface area (Å²) in [6.07, 6.45) is 0.212. The number of anilines is 1. The van der Waals surface area contributed by atoms with Crippen molar-refractivity contribution in [2.24, 2.45) is 5.10 Å². The van der Waals surface area contributed by atoms with Crippen molar-refractivity contribution >= 4 is 40.2 Å².